The molecule has 1 rings (SSSR count). The van der Waals surface area contributed by atoms with Crippen molar-refractivity contribution < 1.29 is 19.4 Å². The third-order valence-electron chi connectivity index (χ3n) is 2.38. The van der Waals surface area contributed by atoms with Crippen molar-refractivity contribution in [3.63, 3.8) is 0 Å². The summed E-state index contributed by atoms with van der Waals surface area (Å²) in [6, 6.07) is 0. The number of nitrogens with one attached hydrogen (secondary N) is 2. The van der Waals surface area contributed by atoms with Crippen molar-refractivity contribution in [2.24, 2.45) is 0 Å². The average Bonchev–Trinajstić information content (AvgIpc) is 2.75. The van der Waals surface area contributed by atoms with Gasteiger partial charge in [-0.3, -0.25) is 9.89 Å². The minimum Gasteiger partial charge on any atom is -0.467 e. The number of nitrogens with two attached hydrogens (primary N) is 1. The van der Waals surface area contributed by atoms with Crippen LogP contribution in [-0.2, 0) is 16.0 Å². The van der Waals surface area contributed by atoms with Gasteiger partial charge in [-0.15, -0.1) is 0 Å². The van der Waals surface area contributed by atoms with Crippen LogP contribution in [0.1, 0.15) is 23.1 Å². The summed E-state index contributed by atoms with van der Waals surface area (Å²) in [6.45, 7) is 1.60. The van der Waals surface area contributed by atoms with Gasteiger partial charge in [-0.1, -0.05) is 6.92 Å². The highest BCUT2D eigenvalue weighted by Crippen LogP contribution is 2.13. The molecule has 0 fully saturated rings. The van der Waals surface area contributed by atoms with Gasteiger partial charge in [-0.25, -0.2) is 4.79 Å². The van der Waals surface area contributed by atoms with Crippen LogP contribution < -0.4 is 11.1 Å². The van der Waals surface area contributed by atoms with E-state index in [9.17, 15) is 14.7 Å². The minimum absolute atomic E-state index is 0.0453. The van der Waals surface area contributed by atoms with Crippen LogP contribution in [-0.4, -0.2) is 46.9 Å². The number of methoxy groups -OCH3 is 1. The zero-order valence-corrected chi connectivity index (χ0v) is 10.2. The van der Waals surface area contributed by atoms with Gasteiger partial charge >= 0.3 is 5.97 Å². The molecule has 1 atom stereocenters. The minimum atomic E-state index is -1.41. The van der Waals surface area contributed by atoms with E-state index in [2.05, 4.69) is 20.3 Å². The molecule has 1 heterocycles. The Hall–Kier alpha value is -2.09. The maximum atomic E-state index is 11.7. The molecule has 1 unspecified atom stereocenters. The van der Waals surface area contributed by atoms with Crippen molar-refractivity contribution in [1.82, 2.24) is 15.5 Å². The molecule has 1 aromatic rings. The maximum Gasteiger partial charge on any atom is 0.336 e. The molecule has 0 saturated heterocycles. The number of ether oxygens (including phenoxy) is 1. The standard InChI is InChI=1S/C10H16N4O4/c1-3-5-7(11)8(14-13-5)9(16)12-4-6(15)10(17)18-2/h6,15H,3-4,11H2,1-2H3,(H,12,16)(H,13,14). The Balaban J connectivity index is 2.60. The van der Waals surface area contributed by atoms with Crippen LogP contribution in [0.25, 0.3) is 0 Å². The molecule has 1 aromatic heterocycles. The Morgan fingerprint density at radius 3 is 2.78 bits per heavy atom. The first-order valence-electron chi connectivity index (χ1n) is 5.38. The summed E-state index contributed by atoms with van der Waals surface area (Å²) in [5, 5.41) is 18.0. The second-order valence-electron chi connectivity index (χ2n) is 3.57. The summed E-state index contributed by atoms with van der Waals surface area (Å²) in [5.74, 6) is -1.38. The normalized spacial score (nSPS) is 11.9. The third kappa shape index (κ3) is 2.98. The second-order valence-corrected chi connectivity index (χ2v) is 3.57. The number of hydrogen-bond acceptors (Lipinski definition) is 6. The number of amides is 1. The maximum absolute atomic E-state index is 11.7. The number of aromatic amines is 1. The molecule has 0 saturated carbocycles. The molecule has 0 aliphatic rings. The van der Waals surface area contributed by atoms with Crippen LogP contribution in [0, 0.1) is 0 Å². The highest BCUT2D eigenvalue weighted by atomic mass is 16.5. The Labute approximate surface area is 104 Å². The van der Waals surface area contributed by atoms with E-state index < -0.39 is 18.0 Å². The van der Waals surface area contributed by atoms with Crippen molar-refractivity contribution >= 4 is 17.6 Å². The Morgan fingerprint density at radius 1 is 1.61 bits per heavy atom. The van der Waals surface area contributed by atoms with Crippen molar-refractivity contribution in [3.05, 3.63) is 11.4 Å². The van der Waals surface area contributed by atoms with E-state index >= 15 is 0 Å². The first-order chi connectivity index (χ1) is 8.51. The number of hydrogen-bond donors (Lipinski definition) is 4. The van der Waals surface area contributed by atoms with E-state index in [1.165, 1.54) is 0 Å². The van der Waals surface area contributed by atoms with Gasteiger partial charge in [-0.2, -0.15) is 5.10 Å². The van der Waals surface area contributed by atoms with Gasteiger partial charge in [0, 0.05) is 0 Å². The number of aromatic nitrogens is 2. The summed E-state index contributed by atoms with van der Waals surface area (Å²) >= 11 is 0. The van der Waals surface area contributed by atoms with Crippen LogP contribution in [0.5, 0.6) is 0 Å². The van der Waals surface area contributed by atoms with Gasteiger partial charge < -0.3 is 20.9 Å². The number of H-pyrrole nitrogens is 1. The Kier molecular flexibility index (Phi) is 4.67. The van der Waals surface area contributed by atoms with Crippen LogP contribution in [0.15, 0.2) is 0 Å². The molecule has 1 amide bonds. The first-order valence-corrected chi connectivity index (χ1v) is 5.38. The zero-order valence-electron chi connectivity index (χ0n) is 10.2. The zero-order chi connectivity index (χ0) is 13.7. The summed E-state index contributed by atoms with van der Waals surface area (Å²) in [7, 11) is 1.15. The van der Waals surface area contributed by atoms with Gasteiger partial charge in [-0.05, 0) is 6.42 Å². The number of anilines is 1. The lowest BCUT2D eigenvalue weighted by Gasteiger charge is -2.08. The number of nitrogen functional groups attached to an aromatic ring is 1. The molecule has 5 N–H and O–H groups in total. The van der Waals surface area contributed by atoms with Crippen molar-refractivity contribution in [1.29, 1.82) is 0 Å². The molecule has 0 aromatic carbocycles. The molecule has 8 nitrogen and oxygen atoms in total. The van der Waals surface area contributed by atoms with Crippen molar-refractivity contribution in [2.75, 3.05) is 19.4 Å². The lowest BCUT2D eigenvalue weighted by atomic mass is 10.2. The fourth-order valence-corrected chi connectivity index (χ4v) is 1.32. The molecule has 0 bridgehead atoms. The predicted molar refractivity (Wildman–Crippen MR) is 62.7 cm³/mol. The SMILES string of the molecule is CCc1[nH]nc(C(=O)NCC(O)C(=O)OC)c1N. The Bertz CT molecular complexity index is 443. The number of rotatable bonds is 5. The van der Waals surface area contributed by atoms with Gasteiger partial charge in [0.1, 0.15) is 0 Å². The van der Waals surface area contributed by atoms with E-state index in [0.29, 0.717) is 12.1 Å². The van der Waals surface area contributed by atoms with Crippen molar-refractivity contribution in [2.45, 2.75) is 19.4 Å². The number of aliphatic hydroxyl groups is 1. The summed E-state index contributed by atoms with van der Waals surface area (Å²) in [4.78, 5) is 22.6. The van der Waals surface area contributed by atoms with Gasteiger partial charge in [0.15, 0.2) is 11.8 Å². The molecule has 0 aliphatic heterocycles. The molecule has 18 heavy (non-hydrogen) atoms. The largest absolute Gasteiger partial charge is 0.467 e. The smallest absolute Gasteiger partial charge is 0.336 e. The van der Waals surface area contributed by atoms with Gasteiger partial charge in [0.25, 0.3) is 5.91 Å². The van der Waals surface area contributed by atoms with Crippen molar-refractivity contribution in [3.8, 4) is 0 Å². The van der Waals surface area contributed by atoms with Crippen LogP contribution >= 0.6 is 0 Å². The lowest BCUT2D eigenvalue weighted by Crippen LogP contribution is -2.37. The molecular weight excluding hydrogens is 240 g/mol. The molecule has 0 spiro atoms. The van der Waals surface area contributed by atoms with Crippen LogP contribution in [0.4, 0.5) is 5.69 Å². The first kappa shape index (κ1) is 14.0. The molecular formula is C10H16N4O4. The quantitative estimate of drug-likeness (QED) is 0.490. The number of aliphatic hydroxyl groups excluding tert-OH is 1. The molecule has 0 radical (unpaired) electrons. The summed E-state index contributed by atoms with van der Waals surface area (Å²) in [5.41, 5.74) is 6.67. The van der Waals surface area contributed by atoms with E-state index in [-0.39, 0.29) is 17.9 Å². The monoisotopic (exact) mass is 256 g/mol. The number of aryl methyl sites for hydroxylation is 1. The van der Waals surface area contributed by atoms with Gasteiger partial charge in [0.2, 0.25) is 0 Å². The Morgan fingerprint density at radius 2 is 2.28 bits per heavy atom. The number of carbonyl (C=O) groups excluding carboxylic acids is 2. The number of carbonyl (C=O) groups is 2. The molecule has 0 aliphatic carbocycles. The summed E-state index contributed by atoms with van der Waals surface area (Å²) in [6.07, 6.45) is -0.790. The lowest BCUT2D eigenvalue weighted by molar-refractivity contribution is -0.149. The fourth-order valence-electron chi connectivity index (χ4n) is 1.32. The van der Waals surface area contributed by atoms with Gasteiger partial charge in [0.05, 0.1) is 25.0 Å². The number of esters is 1. The summed E-state index contributed by atoms with van der Waals surface area (Å²) < 4.78 is 4.31. The van der Waals surface area contributed by atoms with E-state index in [1.54, 1.807) is 0 Å². The second kappa shape index (κ2) is 6.01. The van der Waals surface area contributed by atoms with E-state index in [0.717, 1.165) is 7.11 Å². The fraction of sp³-hybridized carbons (Fsp3) is 0.500. The highest BCUT2D eigenvalue weighted by molar-refractivity contribution is 5.97. The van der Waals surface area contributed by atoms with Crippen LogP contribution in [0.2, 0.25) is 0 Å². The third-order valence-corrected chi connectivity index (χ3v) is 2.38. The molecule has 8 heteroatoms. The van der Waals surface area contributed by atoms with E-state index in [4.69, 9.17) is 5.73 Å². The highest BCUT2D eigenvalue weighted by Gasteiger charge is 2.20. The average molecular weight is 256 g/mol. The number of nitrogens with zero attached hydrogens (tertiary/aromatic N) is 1. The predicted octanol–water partition coefficient (Wildman–Crippen LogP) is -1.18. The van der Waals surface area contributed by atoms with Crippen LogP contribution in [0.3, 0.4) is 0 Å². The molecule has 100 valence electrons. The van der Waals surface area contributed by atoms with E-state index in [1.807, 2.05) is 6.92 Å². The topological polar surface area (TPSA) is 130 Å².